The number of ketones is 2. The van der Waals surface area contributed by atoms with E-state index in [1.54, 1.807) is 27.7 Å². The van der Waals surface area contributed by atoms with E-state index >= 15 is 0 Å². The normalized spacial score (nSPS) is 20.5. The number of amides is 1. The summed E-state index contributed by atoms with van der Waals surface area (Å²) in [7, 11) is 2.95. The van der Waals surface area contributed by atoms with Crippen molar-refractivity contribution < 1.29 is 34.1 Å². The van der Waals surface area contributed by atoms with Gasteiger partial charge in [-0.3, -0.25) is 19.4 Å². The van der Waals surface area contributed by atoms with Crippen LogP contribution in [-0.4, -0.2) is 78.4 Å². The minimum atomic E-state index is -1.53. The Morgan fingerprint density at radius 3 is 2.00 bits per heavy atom. The van der Waals surface area contributed by atoms with E-state index in [4.69, 9.17) is 15.3 Å². The lowest BCUT2D eigenvalue weighted by atomic mass is 9.77. The third kappa shape index (κ3) is 7.91. The van der Waals surface area contributed by atoms with Gasteiger partial charge >= 0.3 is 0 Å². The number of nitrogens with two attached hydrogens (primary N) is 1. The van der Waals surface area contributed by atoms with Gasteiger partial charge in [0.15, 0.2) is 0 Å². The Balaban J connectivity index is 5.48. The highest BCUT2D eigenvalue weighted by atomic mass is 16.5. The average Bonchev–Trinajstić information content (AvgIpc) is 2.73. The molecule has 1 amide bonds. The minimum absolute atomic E-state index is 0.0511. The SMILES string of the molecule is COC[C@@](C)(O)C(C(C)C(=O)[C@H](C)CC(OC)[C@H](C)C(C)C(=O)C(C)CO)N(N)C=O. The molecule has 0 rings (SSSR count). The van der Waals surface area contributed by atoms with Crippen molar-refractivity contribution in [3.63, 3.8) is 0 Å². The number of methoxy groups -OCH3 is 2. The van der Waals surface area contributed by atoms with Crippen LogP contribution in [0.1, 0.15) is 48.0 Å². The lowest BCUT2D eigenvalue weighted by molar-refractivity contribution is -0.146. The van der Waals surface area contributed by atoms with Crippen molar-refractivity contribution in [1.82, 2.24) is 5.01 Å². The minimum Gasteiger partial charge on any atom is -0.396 e. The number of carbonyl (C=O) groups excluding carboxylic acids is 3. The zero-order valence-electron chi connectivity index (χ0n) is 20.2. The maximum absolute atomic E-state index is 13.2. The fourth-order valence-electron chi connectivity index (χ4n) is 4.28. The van der Waals surface area contributed by atoms with E-state index in [2.05, 4.69) is 0 Å². The molecular weight excluding hydrogens is 404 g/mol. The molecule has 31 heavy (non-hydrogen) atoms. The van der Waals surface area contributed by atoms with Gasteiger partial charge in [0.05, 0.1) is 25.4 Å². The summed E-state index contributed by atoms with van der Waals surface area (Å²) in [6.07, 6.45) is 0.365. The molecule has 0 aliphatic heterocycles. The molecular formula is C22H42N2O7. The van der Waals surface area contributed by atoms with Crippen LogP contribution in [0.5, 0.6) is 0 Å². The van der Waals surface area contributed by atoms with Crippen LogP contribution in [0.25, 0.3) is 0 Å². The van der Waals surface area contributed by atoms with Crippen LogP contribution in [-0.2, 0) is 23.9 Å². The van der Waals surface area contributed by atoms with Gasteiger partial charge in [-0.15, -0.1) is 0 Å². The van der Waals surface area contributed by atoms with Crippen LogP contribution in [0.4, 0.5) is 0 Å². The van der Waals surface area contributed by atoms with Gasteiger partial charge in [-0.05, 0) is 19.3 Å². The number of ether oxygens (including phenoxy) is 2. The van der Waals surface area contributed by atoms with E-state index in [0.29, 0.717) is 12.8 Å². The molecule has 5 unspecified atom stereocenters. The van der Waals surface area contributed by atoms with Crippen molar-refractivity contribution in [2.75, 3.05) is 27.4 Å². The molecule has 0 aliphatic rings. The number of aliphatic hydroxyl groups excluding tert-OH is 1. The predicted octanol–water partition coefficient (Wildman–Crippen LogP) is 0.801. The highest BCUT2D eigenvalue weighted by molar-refractivity contribution is 5.84. The van der Waals surface area contributed by atoms with E-state index in [0.717, 1.165) is 5.01 Å². The second kappa shape index (κ2) is 13.2. The Bertz CT molecular complexity index is 584. The summed E-state index contributed by atoms with van der Waals surface area (Å²) in [6, 6.07) is -0.982. The van der Waals surface area contributed by atoms with Crippen molar-refractivity contribution >= 4 is 18.0 Å². The second-order valence-electron chi connectivity index (χ2n) is 9.02. The Hall–Kier alpha value is -1.39. The van der Waals surface area contributed by atoms with E-state index in [9.17, 15) is 24.6 Å². The van der Waals surface area contributed by atoms with Gasteiger partial charge in [0.2, 0.25) is 6.41 Å². The standard InChI is InChI=1S/C22H42N2O7/c1-13(9-18(31-8)15(3)16(4)20(28)14(2)10-25)19(27)17(5)21(24(23)12-26)22(6,29)11-30-7/h12-18,21,25,29H,9-11,23H2,1-8H3/t13-,14?,15-,16?,17?,18?,21?,22-/m1/s1. The number of Topliss-reactive ketones (excluding diaryl/α,β-unsaturated/α-hetero) is 2. The maximum atomic E-state index is 13.2. The molecule has 0 bridgehead atoms. The number of rotatable bonds is 16. The van der Waals surface area contributed by atoms with Crippen molar-refractivity contribution in [2.24, 2.45) is 35.4 Å². The third-order valence-corrected chi connectivity index (χ3v) is 6.40. The van der Waals surface area contributed by atoms with Crippen molar-refractivity contribution in [2.45, 2.75) is 65.7 Å². The van der Waals surface area contributed by atoms with Crippen LogP contribution in [0.2, 0.25) is 0 Å². The smallest absolute Gasteiger partial charge is 0.224 e. The molecule has 0 aromatic heterocycles. The van der Waals surface area contributed by atoms with Crippen molar-refractivity contribution in [1.29, 1.82) is 0 Å². The first-order valence-electron chi connectivity index (χ1n) is 10.7. The Morgan fingerprint density at radius 2 is 1.58 bits per heavy atom. The molecule has 0 aromatic rings. The summed E-state index contributed by atoms with van der Waals surface area (Å²) in [5.41, 5.74) is -1.53. The molecule has 9 heteroatoms. The first-order chi connectivity index (χ1) is 14.3. The summed E-state index contributed by atoms with van der Waals surface area (Å²) >= 11 is 0. The molecule has 4 N–H and O–H groups in total. The van der Waals surface area contributed by atoms with Crippen LogP contribution in [0, 0.1) is 29.6 Å². The molecule has 0 aromatic carbocycles. The van der Waals surface area contributed by atoms with E-state index < -0.39 is 29.4 Å². The summed E-state index contributed by atoms with van der Waals surface area (Å²) < 4.78 is 10.6. The van der Waals surface area contributed by atoms with Crippen molar-refractivity contribution in [3.05, 3.63) is 0 Å². The highest BCUT2D eigenvalue weighted by Crippen LogP contribution is 2.29. The fourth-order valence-corrected chi connectivity index (χ4v) is 4.28. The molecule has 0 radical (unpaired) electrons. The van der Waals surface area contributed by atoms with Gasteiger partial charge in [-0.25, -0.2) is 5.84 Å². The fraction of sp³-hybridized carbons (Fsp3) is 0.864. The predicted molar refractivity (Wildman–Crippen MR) is 117 cm³/mol. The van der Waals surface area contributed by atoms with E-state index in [-0.39, 0.29) is 42.7 Å². The number of nitrogens with zero attached hydrogens (tertiary/aromatic N) is 1. The van der Waals surface area contributed by atoms with Crippen LogP contribution in [0.15, 0.2) is 0 Å². The molecule has 0 aliphatic carbocycles. The van der Waals surface area contributed by atoms with Gasteiger partial charge in [0, 0.05) is 37.9 Å². The molecule has 0 saturated carbocycles. The zero-order chi connectivity index (χ0) is 24.5. The lowest BCUT2D eigenvalue weighted by Crippen LogP contribution is -2.60. The summed E-state index contributed by atoms with van der Waals surface area (Å²) in [5, 5.41) is 20.8. The first-order valence-corrected chi connectivity index (χ1v) is 10.7. The average molecular weight is 447 g/mol. The quantitative estimate of drug-likeness (QED) is 0.137. The number of carbonyl (C=O) groups is 3. The summed E-state index contributed by atoms with van der Waals surface area (Å²) in [5.74, 6) is 3.32. The first kappa shape index (κ1) is 29.6. The van der Waals surface area contributed by atoms with Crippen LogP contribution in [0.3, 0.4) is 0 Å². The number of hydrogen-bond acceptors (Lipinski definition) is 8. The molecule has 0 heterocycles. The highest BCUT2D eigenvalue weighted by Gasteiger charge is 2.43. The van der Waals surface area contributed by atoms with Gasteiger partial charge in [-0.1, -0.05) is 34.6 Å². The van der Waals surface area contributed by atoms with Gasteiger partial charge in [-0.2, -0.15) is 0 Å². The molecule has 8 atom stereocenters. The largest absolute Gasteiger partial charge is 0.396 e. The third-order valence-electron chi connectivity index (χ3n) is 6.40. The lowest BCUT2D eigenvalue weighted by Gasteiger charge is -2.40. The monoisotopic (exact) mass is 446 g/mol. The van der Waals surface area contributed by atoms with E-state index in [1.165, 1.54) is 21.1 Å². The van der Waals surface area contributed by atoms with Crippen LogP contribution < -0.4 is 5.84 Å². The number of aliphatic hydroxyl groups is 2. The Kier molecular flexibility index (Phi) is 12.6. The summed E-state index contributed by atoms with van der Waals surface area (Å²) in [4.78, 5) is 36.9. The van der Waals surface area contributed by atoms with Gasteiger partial charge < -0.3 is 19.7 Å². The molecule has 0 spiro atoms. The Morgan fingerprint density at radius 1 is 1.06 bits per heavy atom. The molecule has 0 saturated heterocycles. The topological polar surface area (TPSA) is 139 Å². The van der Waals surface area contributed by atoms with Crippen LogP contribution >= 0.6 is 0 Å². The number of hydrogen-bond donors (Lipinski definition) is 3. The van der Waals surface area contributed by atoms with E-state index in [1.807, 2.05) is 6.92 Å². The second-order valence-corrected chi connectivity index (χ2v) is 9.02. The van der Waals surface area contributed by atoms with Gasteiger partial charge in [0.25, 0.3) is 0 Å². The molecule has 9 nitrogen and oxygen atoms in total. The molecule has 182 valence electrons. The zero-order valence-corrected chi connectivity index (χ0v) is 20.2. The maximum Gasteiger partial charge on any atom is 0.224 e. The molecule has 0 fully saturated rings. The Labute approximate surface area is 186 Å². The summed E-state index contributed by atoms with van der Waals surface area (Å²) in [6.45, 7) is 9.89. The number of hydrazine groups is 1. The van der Waals surface area contributed by atoms with Crippen molar-refractivity contribution in [3.8, 4) is 0 Å². The van der Waals surface area contributed by atoms with Gasteiger partial charge in [0.1, 0.15) is 17.2 Å².